The molecule has 0 bridgehead atoms. The normalized spacial score (nSPS) is 11.9. The number of nitrogens with two attached hydrogens (primary N) is 1. The molecule has 0 aliphatic heterocycles. The largest absolute Gasteiger partial charge is 0.508 e. The van der Waals surface area contributed by atoms with Crippen LogP contribution >= 0.6 is 0 Å². The van der Waals surface area contributed by atoms with Crippen molar-refractivity contribution < 1.29 is 9.90 Å². The number of aromatic nitrogens is 2. The van der Waals surface area contributed by atoms with E-state index in [-0.39, 0.29) is 17.2 Å². The van der Waals surface area contributed by atoms with Crippen LogP contribution in [0.2, 0.25) is 0 Å². The number of rotatable bonds is 10. The molecule has 34 heavy (non-hydrogen) atoms. The Balaban J connectivity index is 1.48. The molecule has 180 valence electrons. The van der Waals surface area contributed by atoms with Crippen molar-refractivity contribution >= 4 is 5.91 Å². The second-order valence-electron chi connectivity index (χ2n) is 8.83. The molecule has 0 aliphatic carbocycles. The van der Waals surface area contributed by atoms with E-state index in [1.165, 1.54) is 5.56 Å². The molecule has 0 saturated carbocycles. The molecule has 0 saturated heterocycles. The van der Waals surface area contributed by atoms with Crippen LogP contribution in [0.1, 0.15) is 45.8 Å². The van der Waals surface area contributed by atoms with Crippen molar-refractivity contribution in [2.24, 2.45) is 5.73 Å². The first kappa shape index (κ1) is 25.2. The highest BCUT2D eigenvalue weighted by Gasteiger charge is 2.17. The van der Waals surface area contributed by atoms with Gasteiger partial charge in [0.15, 0.2) is 0 Å². The summed E-state index contributed by atoms with van der Waals surface area (Å²) in [5, 5.41) is 12.5. The fraction of sp³-hybridized carbons (Fsp3) is 0.370. The molecule has 1 atom stereocenters. The van der Waals surface area contributed by atoms with Crippen LogP contribution in [-0.2, 0) is 30.5 Å². The van der Waals surface area contributed by atoms with Crippen molar-refractivity contribution in [1.29, 1.82) is 0 Å². The lowest BCUT2D eigenvalue weighted by atomic mass is 9.96. The number of carbonyl (C=O) groups excluding carboxylic acids is 1. The zero-order valence-electron chi connectivity index (χ0n) is 20.1. The topological polar surface area (TPSA) is 121 Å². The van der Waals surface area contributed by atoms with Crippen molar-refractivity contribution in [2.75, 3.05) is 6.54 Å². The first-order chi connectivity index (χ1) is 16.2. The number of H-pyrrole nitrogens is 1. The predicted molar refractivity (Wildman–Crippen MR) is 134 cm³/mol. The number of hydrogen-bond acceptors (Lipinski definition) is 5. The lowest BCUT2D eigenvalue weighted by Gasteiger charge is -2.16. The van der Waals surface area contributed by atoms with E-state index in [9.17, 15) is 14.7 Å². The molecule has 0 radical (unpaired) electrons. The number of carbonyl (C=O) groups is 1. The molecule has 0 fully saturated rings. The van der Waals surface area contributed by atoms with Crippen molar-refractivity contribution in [3.8, 4) is 5.75 Å². The summed E-state index contributed by atoms with van der Waals surface area (Å²) in [6, 6.07) is 12.8. The molecular formula is C27H34N4O3. The minimum atomic E-state index is -0.686. The summed E-state index contributed by atoms with van der Waals surface area (Å²) >= 11 is 0. The quantitative estimate of drug-likeness (QED) is 0.345. The minimum absolute atomic E-state index is 0.171. The zero-order valence-corrected chi connectivity index (χ0v) is 20.1. The zero-order chi connectivity index (χ0) is 24.7. The van der Waals surface area contributed by atoms with Crippen LogP contribution in [0.5, 0.6) is 5.75 Å². The number of amides is 1. The van der Waals surface area contributed by atoms with E-state index in [2.05, 4.69) is 27.4 Å². The second-order valence-corrected chi connectivity index (χ2v) is 8.83. The monoisotopic (exact) mass is 462 g/mol. The molecule has 1 aromatic heterocycles. The number of nitrogens with zero attached hydrogens (tertiary/aromatic N) is 1. The number of nitrogens with one attached hydrogen (secondary N) is 2. The van der Waals surface area contributed by atoms with E-state index in [1.807, 2.05) is 39.0 Å². The molecule has 2 aromatic carbocycles. The van der Waals surface area contributed by atoms with Crippen molar-refractivity contribution in [2.45, 2.75) is 58.9 Å². The van der Waals surface area contributed by atoms with Gasteiger partial charge in [-0.1, -0.05) is 30.3 Å². The highest BCUT2D eigenvalue weighted by Crippen LogP contribution is 2.21. The Bertz CT molecular complexity index is 1170. The summed E-state index contributed by atoms with van der Waals surface area (Å²) in [6.45, 7) is 6.11. The Morgan fingerprint density at radius 3 is 2.44 bits per heavy atom. The summed E-state index contributed by atoms with van der Waals surface area (Å²) in [6.07, 6.45) is 3.03. The highest BCUT2D eigenvalue weighted by atomic mass is 16.3. The standard InChI is InChI=1S/C27H34N4O3/c1-17-14-21(32)15-18(2)22(17)16-23(28)26(33)29-13-7-10-25-27(34)31-24(19(3)30-25)12-11-20-8-5-4-6-9-20/h4-6,8-9,14-15,23,32H,7,10-13,16,28H2,1-3H3,(H,29,33)(H,31,34)/t23-/m0/s1. The van der Waals surface area contributed by atoms with Gasteiger partial charge in [0.2, 0.25) is 5.91 Å². The number of benzene rings is 2. The van der Waals surface area contributed by atoms with Crippen LogP contribution in [0, 0.1) is 20.8 Å². The number of aromatic hydroxyl groups is 1. The van der Waals surface area contributed by atoms with Crippen molar-refractivity contribution in [3.05, 3.63) is 92.2 Å². The Labute approximate surface area is 200 Å². The summed E-state index contributed by atoms with van der Waals surface area (Å²) in [5.74, 6) is -0.0268. The molecule has 0 unspecified atom stereocenters. The first-order valence-electron chi connectivity index (χ1n) is 11.7. The predicted octanol–water partition coefficient (Wildman–Crippen LogP) is 2.80. The van der Waals surface area contributed by atoms with Gasteiger partial charge in [-0.05, 0) is 87.3 Å². The van der Waals surface area contributed by atoms with Gasteiger partial charge in [0.25, 0.3) is 5.56 Å². The fourth-order valence-electron chi connectivity index (χ4n) is 4.15. The van der Waals surface area contributed by atoms with Crippen LogP contribution in [0.25, 0.3) is 0 Å². The van der Waals surface area contributed by atoms with Gasteiger partial charge in [-0.2, -0.15) is 0 Å². The summed E-state index contributed by atoms with van der Waals surface area (Å²) in [7, 11) is 0. The second kappa shape index (κ2) is 11.6. The third-order valence-corrected chi connectivity index (χ3v) is 6.10. The molecular weight excluding hydrogens is 428 g/mol. The SMILES string of the molecule is Cc1cc(O)cc(C)c1C[C@H](N)C(=O)NCCCc1nc(C)c(CCc2ccccc2)[nH]c1=O. The van der Waals surface area contributed by atoms with Gasteiger partial charge in [-0.25, -0.2) is 0 Å². The fourth-order valence-corrected chi connectivity index (χ4v) is 4.15. The first-order valence-corrected chi connectivity index (χ1v) is 11.7. The molecule has 7 heteroatoms. The summed E-state index contributed by atoms with van der Waals surface area (Å²) < 4.78 is 0. The van der Waals surface area contributed by atoms with E-state index in [0.717, 1.165) is 40.9 Å². The lowest BCUT2D eigenvalue weighted by molar-refractivity contribution is -0.122. The molecule has 7 nitrogen and oxygen atoms in total. The van der Waals surface area contributed by atoms with Gasteiger partial charge in [0.05, 0.1) is 11.7 Å². The van der Waals surface area contributed by atoms with Crippen LogP contribution in [-0.4, -0.2) is 33.6 Å². The average molecular weight is 463 g/mol. The van der Waals surface area contributed by atoms with Gasteiger partial charge in [0, 0.05) is 12.2 Å². The number of aromatic amines is 1. The Morgan fingerprint density at radius 1 is 1.09 bits per heavy atom. The van der Waals surface area contributed by atoms with E-state index < -0.39 is 6.04 Å². The molecule has 0 aliphatic rings. The lowest BCUT2D eigenvalue weighted by Crippen LogP contribution is -2.42. The van der Waals surface area contributed by atoms with Gasteiger partial charge >= 0.3 is 0 Å². The number of phenolic OH excluding ortho intramolecular Hbond substituents is 1. The maximum Gasteiger partial charge on any atom is 0.269 e. The number of phenols is 1. The maximum absolute atomic E-state index is 12.5. The van der Waals surface area contributed by atoms with Crippen LogP contribution < -0.4 is 16.6 Å². The van der Waals surface area contributed by atoms with Crippen molar-refractivity contribution in [1.82, 2.24) is 15.3 Å². The van der Waals surface area contributed by atoms with Gasteiger partial charge in [-0.3, -0.25) is 14.6 Å². The van der Waals surface area contributed by atoms with E-state index in [1.54, 1.807) is 12.1 Å². The number of aryl methyl sites for hydroxylation is 6. The Morgan fingerprint density at radius 2 is 1.76 bits per heavy atom. The molecule has 3 rings (SSSR count). The minimum Gasteiger partial charge on any atom is -0.508 e. The maximum atomic E-state index is 12.5. The number of hydrogen-bond donors (Lipinski definition) is 4. The Kier molecular flexibility index (Phi) is 8.60. The summed E-state index contributed by atoms with van der Waals surface area (Å²) in [5.41, 5.74) is 12.1. The third kappa shape index (κ3) is 6.78. The Hall–Kier alpha value is -3.45. The third-order valence-electron chi connectivity index (χ3n) is 6.10. The van der Waals surface area contributed by atoms with E-state index in [4.69, 9.17) is 5.73 Å². The van der Waals surface area contributed by atoms with Gasteiger partial charge < -0.3 is 21.1 Å². The van der Waals surface area contributed by atoms with Crippen LogP contribution in [0.3, 0.4) is 0 Å². The van der Waals surface area contributed by atoms with Crippen LogP contribution in [0.4, 0.5) is 0 Å². The summed E-state index contributed by atoms with van der Waals surface area (Å²) in [4.78, 5) is 32.4. The van der Waals surface area contributed by atoms with Gasteiger partial charge in [-0.15, -0.1) is 0 Å². The van der Waals surface area contributed by atoms with Crippen molar-refractivity contribution in [3.63, 3.8) is 0 Å². The van der Waals surface area contributed by atoms with E-state index in [0.29, 0.717) is 31.5 Å². The molecule has 3 aromatic rings. The van der Waals surface area contributed by atoms with E-state index >= 15 is 0 Å². The molecule has 1 heterocycles. The van der Waals surface area contributed by atoms with Crippen LogP contribution in [0.15, 0.2) is 47.3 Å². The molecule has 0 spiro atoms. The average Bonchev–Trinajstić information content (AvgIpc) is 2.80. The van der Waals surface area contributed by atoms with Gasteiger partial charge in [0.1, 0.15) is 11.4 Å². The molecule has 1 amide bonds. The highest BCUT2D eigenvalue weighted by molar-refractivity contribution is 5.81. The smallest absolute Gasteiger partial charge is 0.269 e. The molecule has 5 N–H and O–H groups in total.